The summed E-state index contributed by atoms with van der Waals surface area (Å²) in [5, 5.41) is 23.9. The Bertz CT molecular complexity index is 1270. The predicted molar refractivity (Wildman–Crippen MR) is 130 cm³/mol. The molecule has 0 spiro atoms. The summed E-state index contributed by atoms with van der Waals surface area (Å²) in [6.07, 6.45) is 0. The molecule has 0 saturated heterocycles. The van der Waals surface area contributed by atoms with Crippen molar-refractivity contribution in [3.8, 4) is 0 Å². The summed E-state index contributed by atoms with van der Waals surface area (Å²) in [4.78, 5) is 48.2. The van der Waals surface area contributed by atoms with E-state index in [2.05, 4.69) is 10.6 Å². The van der Waals surface area contributed by atoms with Crippen LogP contribution in [0.3, 0.4) is 0 Å². The fraction of sp³-hybridized carbons (Fsp3) is 0.120. The van der Waals surface area contributed by atoms with Crippen molar-refractivity contribution in [2.45, 2.75) is 18.7 Å². The second-order valence-corrected chi connectivity index (χ2v) is 8.55. The molecule has 34 heavy (non-hydrogen) atoms. The van der Waals surface area contributed by atoms with Crippen LogP contribution in [0.4, 0.5) is 11.4 Å². The van der Waals surface area contributed by atoms with Crippen LogP contribution in [0.25, 0.3) is 0 Å². The van der Waals surface area contributed by atoms with Gasteiger partial charge < -0.3 is 20.8 Å². The summed E-state index contributed by atoms with van der Waals surface area (Å²) in [5.41, 5.74) is 2.45. The molecule has 2 amide bonds. The number of benzene rings is 3. The molecule has 4 N–H and O–H groups in total. The van der Waals surface area contributed by atoms with Crippen LogP contribution < -0.4 is 10.6 Å². The van der Waals surface area contributed by atoms with Crippen LogP contribution in [-0.4, -0.2) is 39.7 Å². The largest absolute Gasteiger partial charge is 0.478 e. The van der Waals surface area contributed by atoms with Crippen molar-refractivity contribution in [3.05, 3.63) is 88.5 Å². The molecule has 0 aliphatic carbocycles. The fourth-order valence-corrected chi connectivity index (χ4v) is 3.79. The Morgan fingerprint density at radius 2 is 1.50 bits per heavy atom. The third-order valence-corrected chi connectivity index (χ3v) is 5.90. The molecular weight excluding hydrogens is 456 g/mol. The molecule has 0 aliphatic heterocycles. The molecule has 0 bridgehead atoms. The van der Waals surface area contributed by atoms with Crippen LogP contribution in [0.2, 0.25) is 0 Å². The van der Waals surface area contributed by atoms with E-state index in [1.165, 1.54) is 23.9 Å². The summed E-state index contributed by atoms with van der Waals surface area (Å²) in [6, 6.07) is 15.9. The number of amides is 2. The minimum Gasteiger partial charge on any atom is -0.478 e. The number of aryl methyl sites for hydroxylation is 2. The molecule has 0 atom stereocenters. The van der Waals surface area contributed by atoms with E-state index in [-0.39, 0.29) is 22.8 Å². The van der Waals surface area contributed by atoms with E-state index < -0.39 is 23.4 Å². The fourth-order valence-electron chi connectivity index (χ4n) is 3.09. The van der Waals surface area contributed by atoms with Crippen molar-refractivity contribution in [2.75, 3.05) is 16.4 Å². The maximum Gasteiger partial charge on any atom is 0.336 e. The standard InChI is InChI=1S/C25H22N2O6S/c1-14-3-4-15(2)21(11-14)27-22(28)13-34-18-8-6-17(7-9-18)26-23(29)19-10-5-16(24(30)31)12-20(19)25(32)33/h3-12H,13H2,1-2H3,(H,26,29)(H,27,28)(H,30,31)(H,32,33). The van der Waals surface area contributed by atoms with Crippen molar-refractivity contribution in [2.24, 2.45) is 0 Å². The molecule has 0 unspecified atom stereocenters. The van der Waals surface area contributed by atoms with Crippen LogP contribution in [-0.2, 0) is 4.79 Å². The van der Waals surface area contributed by atoms with Crippen molar-refractivity contribution < 1.29 is 29.4 Å². The average Bonchev–Trinajstić information content (AvgIpc) is 2.80. The number of anilines is 2. The Kier molecular flexibility index (Phi) is 7.70. The quantitative estimate of drug-likeness (QED) is 0.345. The van der Waals surface area contributed by atoms with Gasteiger partial charge in [0.05, 0.1) is 22.4 Å². The first-order valence-corrected chi connectivity index (χ1v) is 11.1. The number of hydrogen-bond acceptors (Lipinski definition) is 5. The SMILES string of the molecule is Cc1ccc(C)c(NC(=O)CSc2ccc(NC(=O)c3ccc(C(=O)O)cc3C(=O)O)cc2)c1. The zero-order valence-electron chi connectivity index (χ0n) is 18.4. The van der Waals surface area contributed by atoms with Gasteiger partial charge in [0.15, 0.2) is 0 Å². The molecule has 9 heteroatoms. The van der Waals surface area contributed by atoms with Crippen LogP contribution in [0.1, 0.15) is 42.2 Å². The maximum absolute atomic E-state index is 12.6. The van der Waals surface area contributed by atoms with Crippen molar-refractivity contribution in [1.29, 1.82) is 0 Å². The number of aromatic carboxylic acids is 2. The van der Waals surface area contributed by atoms with E-state index in [1.807, 2.05) is 32.0 Å². The van der Waals surface area contributed by atoms with Gasteiger partial charge in [-0.15, -0.1) is 11.8 Å². The van der Waals surface area contributed by atoms with Gasteiger partial charge in [-0.2, -0.15) is 0 Å². The number of carbonyl (C=O) groups is 4. The van der Waals surface area contributed by atoms with Crippen molar-refractivity contribution in [3.63, 3.8) is 0 Å². The third-order valence-electron chi connectivity index (χ3n) is 4.89. The molecule has 0 aromatic heterocycles. The summed E-state index contributed by atoms with van der Waals surface area (Å²) in [6.45, 7) is 3.88. The van der Waals surface area contributed by atoms with Gasteiger partial charge in [-0.3, -0.25) is 9.59 Å². The van der Waals surface area contributed by atoms with Gasteiger partial charge >= 0.3 is 11.9 Å². The summed E-state index contributed by atoms with van der Waals surface area (Å²) < 4.78 is 0. The monoisotopic (exact) mass is 478 g/mol. The van der Waals surface area contributed by atoms with Gasteiger partial charge in [-0.25, -0.2) is 9.59 Å². The Morgan fingerprint density at radius 3 is 2.15 bits per heavy atom. The second kappa shape index (κ2) is 10.7. The number of thioether (sulfide) groups is 1. The Morgan fingerprint density at radius 1 is 0.794 bits per heavy atom. The van der Waals surface area contributed by atoms with E-state index in [1.54, 1.807) is 24.3 Å². The molecule has 3 aromatic rings. The molecular formula is C25H22N2O6S. The molecule has 0 radical (unpaired) electrons. The lowest BCUT2D eigenvalue weighted by molar-refractivity contribution is -0.113. The molecule has 0 fully saturated rings. The number of carboxylic acid groups (broad SMARTS) is 2. The second-order valence-electron chi connectivity index (χ2n) is 7.50. The minimum atomic E-state index is -1.40. The highest BCUT2D eigenvalue weighted by Gasteiger charge is 2.19. The highest BCUT2D eigenvalue weighted by Crippen LogP contribution is 2.23. The Balaban J connectivity index is 1.61. The van der Waals surface area contributed by atoms with Gasteiger partial charge in [-0.1, -0.05) is 12.1 Å². The van der Waals surface area contributed by atoms with Crippen LogP contribution in [0.15, 0.2) is 65.6 Å². The Hall–Kier alpha value is -4.11. The smallest absolute Gasteiger partial charge is 0.336 e. The number of carboxylic acids is 2. The topological polar surface area (TPSA) is 133 Å². The van der Waals surface area contributed by atoms with Gasteiger partial charge in [0, 0.05) is 16.3 Å². The zero-order valence-corrected chi connectivity index (χ0v) is 19.2. The highest BCUT2D eigenvalue weighted by molar-refractivity contribution is 8.00. The first-order valence-electron chi connectivity index (χ1n) is 10.2. The third kappa shape index (κ3) is 6.23. The van der Waals surface area contributed by atoms with Crippen molar-refractivity contribution in [1.82, 2.24) is 0 Å². The minimum absolute atomic E-state index is 0.137. The summed E-state index contributed by atoms with van der Waals surface area (Å²) in [5.74, 6) is -3.30. The van der Waals surface area contributed by atoms with Crippen LogP contribution in [0, 0.1) is 13.8 Å². The molecule has 3 aromatic carbocycles. The lowest BCUT2D eigenvalue weighted by Gasteiger charge is -2.10. The van der Waals surface area contributed by atoms with Crippen molar-refractivity contribution >= 4 is 46.9 Å². The maximum atomic E-state index is 12.6. The van der Waals surface area contributed by atoms with Crippen LogP contribution in [0.5, 0.6) is 0 Å². The first-order chi connectivity index (χ1) is 16.1. The lowest BCUT2D eigenvalue weighted by Crippen LogP contribution is -2.17. The van der Waals surface area contributed by atoms with Crippen LogP contribution >= 0.6 is 11.8 Å². The number of rotatable bonds is 8. The number of hydrogen-bond donors (Lipinski definition) is 4. The summed E-state index contributed by atoms with van der Waals surface area (Å²) >= 11 is 1.33. The first kappa shape index (κ1) is 24.5. The molecule has 0 aliphatic rings. The molecule has 0 heterocycles. The lowest BCUT2D eigenvalue weighted by atomic mass is 10.0. The van der Waals surface area contributed by atoms with Gasteiger partial charge in [0.2, 0.25) is 5.91 Å². The highest BCUT2D eigenvalue weighted by atomic mass is 32.2. The van der Waals surface area contributed by atoms with Gasteiger partial charge in [0.1, 0.15) is 0 Å². The molecule has 174 valence electrons. The molecule has 0 saturated carbocycles. The van der Waals surface area contributed by atoms with E-state index >= 15 is 0 Å². The number of nitrogens with one attached hydrogen (secondary N) is 2. The van der Waals surface area contributed by atoms with E-state index in [0.717, 1.165) is 27.8 Å². The summed E-state index contributed by atoms with van der Waals surface area (Å²) in [7, 11) is 0. The van der Waals surface area contributed by atoms with E-state index in [0.29, 0.717) is 5.69 Å². The normalized spacial score (nSPS) is 10.4. The van der Waals surface area contributed by atoms with E-state index in [4.69, 9.17) is 5.11 Å². The predicted octanol–water partition coefficient (Wildman–Crippen LogP) is 4.68. The zero-order chi connectivity index (χ0) is 24.8. The molecule has 3 rings (SSSR count). The van der Waals surface area contributed by atoms with E-state index in [9.17, 15) is 24.3 Å². The van der Waals surface area contributed by atoms with Gasteiger partial charge in [-0.05, 0) is 73.5 Å². The number of carbonyl (C=O) groups excluding carboxylic acids is 2. The molecule has 8 nitrogen and oxygen atoms in total. The average molecular weight is 479 g/mol. The van der Waals surface area contributed by atoms with Gasteiger partial charge in [0.25, 0.3) is 5.91 Å². The Labute approximate surface area is 200 Å².